The average molecular weight is 447 g/mol. The molecule has 0 spiro atoms. The van der Waals surface area contributed by atoms with Crippen molar-refractivity contribution < 1.29 is 14.3 Å². The normalized spacial score (nSPS) is 13.3. The molecule has 0 radical (unpaired) electrons. The molecule has 2 N–H and O–H groups in total. The minimum atomic E-state index is -0.652. The molecule has 0 saturated heterocycles. The van der Waals surface area contributed by atoms with Crippen molar-refractivity contribution in [1.29, 1.82) is 0 Å². The number of nitrogens with one attached hydrogen (secondary N) is 2. The quantitative estimate of drug-likeness (QED) is 0.641. The Morgan fingerprint density at radius 3 is 2.11 bits per heavy atom. The van der Waals surface area contributed by atoms with E-state index in [2.05, 4.69) is 10.6 Å². The van der Waals surface area contributed by atoms with Crippen LogP contribution in [0.25, 0.3) is 0 Å². The summed E-state index contributed by atoms with van der Waals surface area (Å²) >= 11 is 0.0499. The number of ether oxygens (including phenoxy) is 1. The monoisotopic (exact) mass is 448 g/mol. The van der Waals surface area contributed by atoms with Gasteiger partial charge in [0.1, 0.15) is 0 Å². The summed E-state index contributed by atoms with van der Waals surface area (Å²) < 4.78 is 6.51. The van der Waals surface area contributed by atoms with Crippen molar-refractivity contribution >= 4 is 31.4 Å². The van der Waals surface area contributed by atoms with Crippen molar-refractivity contribution in [3.63, 3.8) is 0 Å². The van der Waals surface area contributed by atoms with Crippen molar-refractivity contribution in [1.82, 2.24) is 10.6 Å². The average Bonchev–Trinajstić information content (AvgIpc) is 2.65. The SMILES string of the molecule is C[C@H](NC(=O)[C@H](C[Se]c1ccccc1)NC(=O)OC(C)(C)C)c1ccccc1. The van der Waals surface area contributed by atoms with Crippen LogP contribution in [0.15, 0.2) is 60.7 Å². The molecule has 0 saturated carbocycles. The van der Waals surface area contributed by atoms with Crippen LogP contribution in [0.1, 0.15) is 39.3 Å². The second-order valence-corrected chi connectivity index (χ2v) is 9.76. The van der Waals surface area contributed by atoms with E-state index in [1.54, 1.807) is 20.8 Å². The molecule has 0 unspecified atom stereocenters. The maximum atomic E-state index is 12.9. The second kappa shape index (κ2) is 10.3. The summed E-state index contributed by atoms with van der Waals surface area (Å²) in [7, 11) is 0. The van der Waals surface area contributed by atoms with E-state index in [9.17, 15) is 9.59 Å². The van der Waals surface area contributed by atoms with Crippen molar-refractivity contribution in [3.05, 3.63) is 66.2 Å². The summed E-state index contributed by atoms with van der Waals surface area (Å²) in [6, 6.07) is 18.9. The molecule has 2 aromatic rings. The maximum absolute atomic E-state index is 12.9. The molecule has 0 heterocycles. The van der Waals surface area contributed by atoms with Crippen LogP contribution < -0.4 is 15.1 Å². The zero-order chi connectivity index (χ0) is 20.6. The van der Waals surface area contributed by atoms with Gasteiger partial charge in [0.25, 0.3) is 0 Å². The van der Waals surface area contributed by atoms with Gasteiger partial charge in [-0.05, 0) is 0 Å². The first kappa shape index (κ1) is 22.0. The Hall–Kier alpha value is -2.30. The van der Waals surface area contributed by atoms with Gasteiger partial charge >= 0.3 is 173 Å². The van der Waals surface area contributed by atoms with Crippen LogP contribution in [-0.2, 0) is 9.53 Å². The summed E-state index contributed by atoms with van der Waals surface area (Å²) in [6.45, 7) is 7.33. The molecular formula is C22H28N2O3Se. The van der Waals surface area contributed by atoms with E-state index in [-0.39, 0.29) is 26.9 Å². The summed E-state index contributed by atoms with van der Waals surface area (Å²) in [6.07, 6.45) is -0.580. The van der Waals surface area contributed by atoms with E-state index in [1.807, 2.05) is 67.6 Å². The summed E-state index contributed by atoms with van der Waals surface area (Å²) in [4.78, 5) is 25.1. The van der Waals surface area contributed by atoms with E-state index >= 15 is 0 Å². The molecular weight excluding hydrogens is 419 g/mol. The Kier molecular flexibility index (Phi) is 8.09. The van der Waals surface area contributed by atoms with Gasteiger partial charge in [-0.3, -0.25) is 0 Å². The topological polar surface area (TPSA) is 67.4 Å². The summed E-state index contributed by atoms with van der Waals surface area (Å²) in [5.74, 6) is -0.208. The number of alkyl carbamates (subject to hydrolysis) is 1. The van der Waals surface area contributed by atoms with Gasteiger partial charge in [-0.1, -0.05) is 0 Å². The molecule has 0 aliphatic rings. The predicted molar refractivity (Wildman–Crippen MR) is 113 cm³/mol. The fourth-order valence-corrected chi connectivity index (χ4v) is 4.45. The van der Waals surface area contributed by atoms with Crippen molar-refractivity contribution in [3.8, 4) is 0 Å². The molecule has 2 rings (SSSR count). The molecule has 0 aliphatic heterocycles. The number of hydrogen-bond acceptors (Lipinski definition) is 3. The molecule has 0 fully saturated rings. The third-order valence-electron chi connectivity index (χ3n) is 3.83. The molecule has 0 aliphatic carbocycles. The molecule has 2 atom stereocenters. The Morgan fingerprint density at radius 2 is 1.54 bits per heavy atom. The number of hydrogen-bond donors (Lipinski definition) is 2. The molecule has 0 bridgehead atoms. The van der Waals surface area contributed by atoms with Gasteiger partial charge in [0.2, 0.25) is 0 Å². The van der Waals surface area contributed by atoms with Crippen LogP contribution in [0.4, 0.5) is 4.79 Å². The van der Waals surface area contributed by atoms with Gasteiger partial charge in [0.15, 0.2) is 0 Å². The zero-order valence-electron chi connectivity index (χ0n) is 16.8. The van der Waals surface area contributed by atoms with E-state index in [0.717, 1.165) is 5.56 Å². The Labute approximate surface area is 173 Å². The Bertz CT molecular complexity index is 760. The summed E-state index contributed by atoms with van der Waals surface area (Å²) in [5, 5.41) is 6.29. The molecule has 2 aromatic carbocycles. The van der Waals surface area contributed by atoms with Crippen molar-refractivity contribution in [2.24, 2.45) is 0 Å². The van der Waals surface area contributed by atoms with E-state index < -0.39 is 17.7 Å². The molecule has 28 heavy (non-hydrogen) atoms. The summed E-state index contributed by atoms with van der Waals surface area (Å²) in [5.41, 5.74) is 0.396. The number of carbonyl (C=O) groups is 2. The second-order valence-electron chi connectivity index (χ2n) is 7.46. The van der Waals surface area contributed by atoms with Crippen LogP contribution in [0.3, 0.4) is 0 Å². The fraction of sp³-hybridized carbons (Fsp3) is 0.364. The third kappa shape index (κ3) is 7.75. The number of carbonyl (C=O) groups excluding carboxylic acids is 2. The standard InChI is InChI=1S/C22H28N2O3Se/c1-16(17-11-7-5-8-12-17)23-20(25)19(24-21(26)27-22(2,3)4)15-28-18-13-9-6-10-14-18/h5-14,16,19H,15H2,1-4H3,(H,23,25)(H,24,26)/t16-,19-/m0/s1. The van der Waals surface area contributed by atoms with Gasteiger partial charge in [-0.25, -0.2) is 0 Å². The molecule has 0 aromatic heterocycles. The first-order valence-corrected chi connectivity index (χ1v) is 11.3. The molecule has 150 valence electrons. The van der Waals surface area contributed by atoms with Gasteiger partial charge in [0, 0.05) is 0 Å². The number of benzene rings is 2. The number of amides is 2. The van der Waals surface area contributed by atoms with Gasteiger partial charge < -0.3 is 0 Å². The first-order valence-electron chi connectivity index (χ1n) is 9.27. The van der Waals surface area contributed by atoms with Crippen LogP contribution in [0.5, 0.6) is 0 Å². The van der Waals surface area contributed by atoms with Gasteiger partial charge in [0.05, 0.1) is 0 Å². The first-order chi connectivity index (χ1) is 13.2. The number of rotatable bonds is 7. The Morgan fingerprint density at radius 1 is 0.964 bits per heavy atom. The molecule has 6 heteroatoms. The van der Waals surface area contributed by atoms with Crippen LogP contribution in [0.2, 0.25) is 5.32 Å². The van der Waals surface area contributed by atoms with E-state index in [1.165, 1.54) is 4.46 Å². The fourth-order valence-electron chi connectivity index (χ4n) is 2.47. The predicted octanol–water partition coefficient (Wildman–Crippen LogP) is 3.21. The minimum absolute atomic E-state index is 0.0499. The zero-order valence-corrected chi connectivity index (χ0v) is 18.5. The molecule has 5 nitrogen and oxygen atoms in total. The van der Waals surface area contributed by atoms with Crippen LogP contribution in [-0.4, -0.2) is 38.6 Å². The van der Waals surface area contributed by atoms with Gasteiger partial charge in [-0.15, -0.1) is 0 Å². The van der Waals surface area contributed by atoms with E-state index in [0.29, 0.717) is 5.32 Å². The molecule has 2 amide bonds. The van der Waals surface area contributed by atoms with Crippen molar-refractivity contribution in [2.45, 2.75) is 50.7 Å². The Balaban J connectivity index is 2.04. The van der Waals surface area contributed by atoms with Crippen LogP contribution in [0, 0.1) is 0 Å². The van der Waals surface area contributed by atoms with Gasteiger partial charge in [-0.2, -0.15) is 0 Å². The van der Waals surface area contributed by atoms with Crippen LogP contribution >= 0.6 is 0 Å². The van der Waals surface area contributed by atoms with E-state index in [4.69, 9.17) is 4.74 Å². The van der Waals surface area contributed by atoms with Crippen molar-refractivity contribution in [2.75, 3.05) is 0 Å². The third-order valence-corrected chi connectivity index (χ3v) is 6.15.